The zero-order valence-corrected chi connectivity index (χ0v) is 13.9. The van der Waals surface area contributed by atoms with E-state index in [4.69, 9.17) is 0 Å². The zero-order chi connectivity index (χ0) is 15.6. The standard InChI is InChI=1S/C19H14BrN3/c20-16-11-18-19(15-9-5-2-6-10-15)22-21-17(13-23(18)12-16)14-7-3-1-4-8-14/h1-12H,13H2. The smallest absolute Gasteiger partial charge is 0.117 e. The Labute approximate surface area is 143 Å². The van der Waals surface area contributed by atoms with Crippen LogP contribution >= 0.6 is 15.9 Å². The van der Waals surface area contributed by atoms with Gasteiger partial charge in [0.15, 0.2) is 0 Å². The topological polar surface area (TPSA) is 29.6 Å². The lowest BCUT2D eigenvalue weighted by Gasteiger charge is -2.08. The highest BCUT2D eigenvalue weighted by Crippen LogP contribution is 2.22. The summed E-state index contributed by atoms with van der Waals surface area (Å²) in [5.41, 5.74) is 5.08. The lowest BCUT2D eigenvalue weighted by atomic mass is 10.1. The SMILES string of the molecule is Brc1cc2n(c1)CC(c1ccccc1)=NN=C2c1ccccc1. The molecule has 0 atom stereocenters. The maximum Gasteiger partial charge on any atom is 0.117 e. The van der Waals surface area contributed by atoms with Gasteiger partial charge in [-0.15, -0.1) is 5.10 Å². The van der Waals surface area contributed by atoms with Crippen molar-refractivity contribution >= 4 is 27.4 Å². The number of aromatic nitrogens is 1. The van der Waals surface area contributed by atoms with Crippen molar-refractivity contribution in [2.24, 2.45) is 10.2 Å². The van der Waals surface area contributed by atoms with E-state index >= 15 is 0 Å². The molecule has 4 rings (SSSR count). The van der Waals surface area contributed by atoms with Crippen molar-refractivity contribution in [2.45, 2.75) is 6.54 Å². The first-order valence-corrected chi connectivity index (χ1v) is 8.22. The second kappa shape index (κ2) is 5.97. The zero-order valence-electron chi connectivity index (χ0n) is 12.4. The van der Waals surface area contributed by atoms with Crippen molar-refractivity contribution in [3.05, 3.63) is 94.2 Å². The van der Waals surface area contributed by atoms with Crippen molar-refractivity contribution in [3.63, 3.8) is 0 Å². The predicted molar refractivity (Wildman–Crippen MR) is 97.2 cm³/mol. The summed E-state index contributed by atoms with van der Waals surface area (Å²) in [6.45, 7) is 0.699. The van der Waals surface area contributed by atoms with Crippen molar-refractivity contribution < 1.29 is 0 Å². The third-order valence-corrected chi connectivity index (χ3v) is 4.28. The van der Waals surface area contributed by atoms with E-state index in [1.165, 1.54) is 0 Å². The van der Waals surface area contributed by atoms with Gasteiger partial charge in [0.05, 0.1) is 18.0 Å². The Morgan fingerprint density at radius 3 is 2.17 bits per heavy atom. The molecule has 0 unspecified atom stereocenters. The summed E-state index contributed by atoms with van der Waals surface area (Å²) < 4.78 is 3.24. The van der Waals surface area contributed by atoms with Crippen LogP contribution in [0.15, 0.2) is 87.6 Å². The number of hydrogen-bond donors (Lipinski definition) is 0. The maximum atomic E-state index is 4.57. The van der Waals surface area contributed by atoms with Crippen LogP contribution in [0.5, 0.6) is 0 Å². The molecule has 0 saturated carbocycles. The second-order valence-electron chi connectivity index (χ2n) is 5.40. The quantitative estimate of drug-likeness (QED) is 0.641. The van der Waals surface area contributed by atoms with E-state index in [1.807, 2.05) is 36.4 Å². The average molecular weight is 364 g/mol. The summed E-state index contributed by atoms with van der Waals surface area (Å²) in [7, 11) is 0. The van der Waals surface area contributed by atoms with E-state index < -0.39 is 0 Å². The summed E-state index contributed by atoms with van der Waals surface area (Å²) in [6.07, 6.45) is 2.08. The Morgan fingerprint density at radius 2 is 1.48 bits per heavy atom. The van der Waals surface area contributed by atoms with Crippen molar-refractivity contribution in [1.82, 2.24) is 4.57 Å². The van der Waals surface area contributed by atoms with Gasteiger partial charge in [-0.05, 0) is 27.6 Å². The van der Waals surface area contributed by atoms with E-state index in [1.54, 1.807) is 0 Å². The van der Waals surface area contributed by atoms with E-state index in [-0.39, 0.29) is 0 Å². The maximum absolute atomic E-state index is 4.57. The molecule has 3 aromatic rings. The molecule has 0 aliphatic carbocycles. The molecule has 3 nitrogen and oxygen atoms in total. The molecule has 0 saturated heterocycles. The summed E-state index contributed by atoms with van der Waals surface area (Å²) in [5, 5.41) is 9.11. The molecular weight excluding hydrogens is 350 g/mol. The molecule has 4 heteroatoms. The van der Waals surface area contributed by atoms with Crippen LogP contribution in [0.2, 0.25) is 0 Å². The van der Waals surface area contributed by atoms with Gasteiger partial charge >= 0.3 is 0 Å². The summed E-state index contributed by atoms with van der Waals surface area (Å²) >= 11 is 3.58. The van der Waals surface area contributed by atoms with Gasteiger partial charge in [-0.25, -0.2) is 0 Å². The fraction of sp³-hybridized carbons (Fsp3) is 0.0526. The molecule has 2 heterocycles. The van der Waals surface area contributed by atoms with Gasteiger partial charge in [0.2, 0.25) is 0 Å². The molecule has 2 aromatic carbocycles. The molecular formula is C19H14BrN3. The van der Waals surface area contributed by atoms with Crippen molar-refractivity contribution in [2.75, 3.05) is 0 Å². The summed E-state index contributed by atoms with van der Waals surface area (Å²) in [5.74, 6) is 0. The molecule has 1 aromatic heterocycles. The average Bonchev–Trinajstić information content (AvgIpc) is 2.86. The molecule has 0 spiro atoms. The highest BCUT2D eigenvalue weighted by atomic mass is 79.9. The van der Waals surface area contributed by atoms with E-state index in [0.29, 0.717) is 6.54 Å². The first-order valence-electron chi connectivity index (χ1n) is 7.43. The third kappa shape index (κ3) is 2.78. The van der Waals surface area contributed by atoms with Gasteiger partial charge in [-0.1, -0.05) is 60.7 Å². The number of hydrogen-bond acceptors (Lipinski definition) is 2. The van der Waals surface area contributed by atoms with Crippen molar-refractivity contribution in [3.8, 4) is 0 Å². The van der Waals surface area contributed by atoms with Gasteiger partial charge < -0.3 is 4.57 Å². The minimum atomic E-state index is 0.699. The highest BCUT2D eigenvalue weighted by Gasteiger charge is 2.18. The summed E-state index contributed by atoms with van der Waals surface area (Å²) in [4.78, 5) is 0. The Bertz CT molecular complexity index is 893. The molecule has 1 aliphatic heterocycles. The number of benzene rings is 2. The molecule has 0 fully saturated rings. The Hall–Kier alpha value is -2.46. The Kier molecular flexibility index (Phi) is 3.67. The molecule has 0 amide bonds. The number of nitrogens with zero attached hydrogens (tertiary/aromatic N) is 3. The Morgan fingerprint density at radius 1 is 0.826 bits per heavy atom. The lowest BCUT2D eigenvalue weighted by molar-refractivity contribution is 0.854. The number of halogens is 1. The second-order valence-corrected chi connectivity index (χ2v) is 6.31. The van der Waals surface area contributed by atoms with Gasteiger partial charge in [0, 0.05) is 16.2 Å². The van der Waals surface area contributed by atoms with Gasteiger partial charge in [-0.2, -0.15) is 5.10 Å². The fourth-order valence-corrected chi connectivity index (χ4v) is 3.20. The largest absolute Gasteiger partial charge is 0.339 e. The van der Waals surface area contributed by atoms with Crippen LogP contribution in [-0.4, -0.2) is 16.0 Å². The fourth-order valence-electron chi connectivity index (χ4n) is 2.74. The van der Waals surface area contributed by atoms with Gasteiger partial charge in [-0.3, -0.25) is 0 Å². The van der Waals surface area contributed by atoms with Crippen LogP contribution in [0.1, 0.15) is 16.8 Å². The number of fused-ring (bicyclic) bond motifs is 1. The normalized spacial score (nSPS) is 13.8. The van der Waals surface area contributed by atoms with Gasteiger partial charge in [0.25, 0.3) is 0 Å². The predicted octanol–water partition coefficient (Wildman–Crippen LogP) is 4.51. The Balaban J connectivity index is 1.87. The molecule has 0 radical (unpaired) electrons. The van der Waals surface area contributed by atoms with Crippen LogP contribution in [0.25, 0.3) is 0 Å². The molecule has 0 N–H and O–H groups in total. The molecule has 23 heavy (non-hydrogen) atoms. The van der Waals surface area contributed by atoms with Crippen LogP contribution in [-0.2, 0) is 6.54 Å². The first-order chi connectivity index (χ1) is 11.3. The van der Waals surface area contributed by atoms with E-state index in [2.05, 4.69) is 67.2 Å². The van der Waals surface area contributed by atoms with Crippen molar-refractivity contribution in [1.29, 1.82) is 0 Å². The minimum Gasteiger partial charge on any atom is -0.339 e. The first kappa shape index (κ1) is 14.2. The minimum absolute atomic E-state index is 0.699. The molecule has 0 bridgehead atoms. The summed E-state index contributed by atoms with van der Waals surface area (Å²) in [6, 6.07) is 22.5. The highest BCUT2D eigenvalue weighted by molar-refractivity contribution is 9.10. The molecule has 1 aliphatic rings. The van der Waals surface area contributed by atoms with E-state index in [0.717, 1.165) is 32.7 Å². The van der Waals surface area contributed by atoms with Crippen LogP contribution < -0.4 is 0 Å². The lowest BCUT2D eigenvalue weighted by Crippen LogP contribution is -2.13. The number of rotatable bonds is 2. The third-order valence-electron chi connectivity index (χ3n) is 3.85. The monoisotopic (exact) mass is 363 g/mol. The van der Waals surface area contributed by atoms with E-state index in [9.17, 15) is 0 Å². The van der Waals surface area contributed by atoms with Crippen LogP contribution in [0, 0.1) is 0 Å². The van der Waals surface area contributed by atoms with Gasteiger partial charge in [0.1, 0.15) is 5.71 Å². The van der Waals surface area contributed by atoms with Crippen LogP contribution in [0.4, 0.5) is 0 Å². The molecule has 112 valence electrons. The van der Waals surface area contributed by atoms with Crippen LogP contribution in [0.3, 0.4) is 0 Å².